The van der Waals surface area contributed by atoms with Gasteiger partial charge in [-0.05, 0) is 70.1 Å². The second kappa shape index (κ2) is 7.31. The van der Waals surface area contributed by atoms with Crippen molar-refractivity contribution in [1.82, 2.24) is 9.80 Å². The number of likely N-dealkylation sites (tertiary alicyclic amines) is 1. The SMILES string of the molecule is CC(C)Oc1cccc(CN2CC[C@]3(C=CC(=O)N3CC3CC3)C[C@@H]2C)c1. The maximum atomic E-state index is 12.4. The van der Waals surface area contributed by atoms with E-state index in [4.69, 9.17) is 4.74 Å². The maximum Gasteiger partial charge on any atom is 0.247 e. The molecule has 146 valence electrons. The van der Waals surface area contributed by atoms with Gasteiger partial charge in [-0.15, -0.1) is 0 Å². The molecule has 1 saturated heterocycles. The van der Waals surface area contributed by atoms with E-state index >= 15 is 0 Å². The predicted octanol–water partition coefficient (Wildman–Crippen LogP) is 4.01. The molecule has 4 rings (SSSR count). The van der Waals surface area contributed by atoms with E-state index in [1.165, 1.54) is 18.4 Å². The molecule has 1 aromatic carbocycles. The van der Waals surface area contributed by atoms with Crippen molar-refractivity contribution in [2.24, 2.45) is 5.92 Å². The highest BCUT2D eigenvalue weighted by atomic mass is 16.5. The van der Waals surface area contributed by atoms with Gasteiger partial charge in [0.1, 0.15) is 5.75 Å². The minimum Gasteiger partial charge on any atom is -0.491 e. The van der Waals surface area contributed by atoms with Crippen LogP contribution >= 0.6 is 0 Å². The van der Waals surface area contributed by atoms with Crippen LogP contribution in [0.5, 0.6) is 5.75 Å². The van der Waals surface area contributed by atoms with Gasteiger partial charge in [0, 0.05) is 31.8 Å². The lowest BCUT2D eigenvalue weighted by molar-refractivity contribution is -0.131. The first-order valence-corrected chi connectivity index (χ1v) is 10.5. The van der Waals surface area contributed by atoms with Gasteiger partial charge in [0.05, 0.1) is 11.6 Å². The van der Waals surface area contributed by atoms with Crippen molar-refractivity contribution in [2.75, 3.05) is 13.1 Å². The Morgan fingerprint density at radius 1 is 1.30 bits per heavy atom. The van der Waals surface area contributed by atoms with Crippen LogP contribution in [0.15, 0.2) is 36.4 Å². The van der Waals surface area contributed by atoms with Crippen LogP contribution in [0.4, 0.5) is 0 Å². The van der Waals surface area contributed by atoms with Crippen molar-refractivity contribution < 1.29 is 9.53 Å². The van der Waals surface area contributed by atoms with Gasteiger partial charge in [0.15, 0.2) is 0 Å². The van der Waals surface area contributed by atoms with Crippen molar-refractivity contribution in [2.45, 2.75) is 70.7 Å². The molecule has 0 unspecified atom stereocenters. The number of carbonyl (C=O) groups excluding carboxylic acids is 1. The third-order valence-electron chi connectivity index (χ3n) is 6.24. The van der Waals surface area contributed by atoms with Crippen molar-refractivity contribution in [3.8, 4) is 5.75 Å². The monoisotopic (exact) mass is 368 g/mol. The highest BCUT2D eigenvalue weighted by Crippen LogP contribution is 2.41. The van der Waals surface area contributed by atoms with Crippen molar-refractivity contribution >= 4 is 5.91 Å². The summed E-state index contributed by atoms with van der Waals surface area (Å²) in [6.07, 6.45) is 8.85. The van der Waals surface area contributed by atoms with Gasteiger partial charge in [-0.25, -0.2) is 0 Å². The number of benzene rings is 1. The number of ether oxygens (including phenoxy) is 1. The number of carbonyl (C=O) groups is 1. The first kappa shape index (κ1) is 18.5. The van der Waals surface area contributed by atoms with E-state index in [0.29, 0.717) is 6.04 Å². The minimum atomic E-state index is -0.0435. The number of nitrogens with zero attached hydrogens (tertiary/aromatic N) is 2. The highest BCUT2D eigenvalue weighted by Gasteiger charge is 2.46. The van der Waals surface area contributed by atoms with E-state index in [0.717, 1.165) is 44.1 Å². The first-order valence-electron chi connectivity index (χ1n) is 10.5. The molecule has 1 aromatic rings. The predicted molar refractivity (Wildman–Crippen MR) is 108 cm³/mol. The van der Waals surface area contributed by atoms with Crippen LogP contribution in [0.3, 0.4) is 0 Å². The lowest BCUT2D eigenvalue weighted by atomic mass is 9.83. The topological polar surface area (TPSA) is 32.8 Å². The standard InChI is InChI=1S/C23H32N2O2/c1-17(2)27-21-6-4-5-20(13-21)15-24-12-11-23(14-18(24)3)10-9-22(26)25(23)16-19-7-8-19/h4-6,9-10,13,17-19H,7-8,11-12,14-16H2,1-3H3/t18-,23+/m0/s1. The maximum absolute atomic E-state index is 12.4. The summed E-state index contributed by atoms with van der Waals surface area (Å²) < 4.78 is 5.84. The quantitative estimate of drug-likeness (QED) is 0.761. The minimum absolute atomic E-state index is 0.0435. The molecule has 0 bridgehead atoms. The molecule has 0 aromatic heterocycles. The van der Waals surface area contributed by atoms with E-state index in [-0.39, 0.29) is 17.6 Å². The fraction of sp³-hybridized carbons (Fsp3) is 0.609. The summed E-state index contributed by atoms with van der Waals surface area (Å²) in [6.45, 7) is 9.34. The fourth-order valence-corrected chi connectivity index (χ4v) is 4.61. The number of amides is 1. The molecule has 4 heteroatoms. The molecule has 3 aliphatic rings. The number of hydrogen-bond donors (Lipinski definition) is 0. The average molecular weight is 369 g/mol. The molecule has 2 aliphatic heterocycles. The molecule has 1 amide bonds. The smallest absolute Gasteiger partial charge is 0.247 e. The Kier molecular flexibility index (Phi) is 5.02. The summed E-state index contributed by atoms with van der Waals surface area (Å²) in [4.78, 5) is 17.2. The number of piperidine rings is 1. The van der Waals surface area contributed by atoms with Gasteiger partial charge in [0.25, 0.3) is 0 Å². The highest BCUT2D eigenvalue weighted by molar-refractivity contribution is 5.91. The van der Waals surface area contributed by atoms with E-state index in [9.17, 15) is 4.79 Å². The van der Waals surface area contributed by atoms with Gasteiger partial charge < -0.3 is 9.64 Å². The molecule has 27 heavy (non-hydrogen) atoms. The average Bonchev–Trinajstić information content (AvgIpc) is 3.39. The summed E-state index contributed by atoms with van der Waals surface area (Å²) in [5.41, 5.74) is 1.25. The number of rotatable bonds is 6. The van der Waals surface area contributed by atoms with Crippen LogP contribution in [0.2, 0.25) is 0 Å². The summed E-state index contributed by atoms with van der Waals surface area (Å²) in [6, 6.07) is 8.91. The normalized spacial score (nSPS) is 28.5. The second-order valence-electron chi connectivity index (χ2n) is 8.92. The van der Waals surface area contributed by atoms with E-state index in [1.807, 2.05) is 12.1 Å². The molecule has 1 spiro atoms. The van der Waals surface area contributed by atoms with Crippen molar-refractivity contribution in [3.63, 3.8) is 0 Å². The van der Waals surface area contributed by atoms with E-state index in [2.05, 4.69) is 54.8 Å². The largest absolute Gasteiger partial charge is 0.491 e. The Balaban J connectivity index is 1.41. The summed E-state index contributed by atoms with van der Waals surface area (Å²) in [5, 5.41) is 0. The summed E-state index contributed by atoms with van der Waals surface area (Å²) >= 11 is 0. The Labute approximate surface area is 163 Å². The summed E-state index contributed by atoms with van der Waals surface area (Å²) in [5.74, 6) is 1.91. The molecule has 2 fully saturated rings. The molecule has 2 heterocycles. The Morgan fingerprint density at radius 2 is 2.11 bits per heavy atom. The molecule has 0 N–H and O–H groups in total. The molecule has 1 saturated carbocycles. The Hall–Kier alpha value is -1.81. The van der Waals surface area contributed by atoms with Crippen LogP contribution in [0, 0.1) is 5.92 Å². The van der Waals surface area contributed by atoms with Crippen LogP contribution in [0.25, 0.3) is 0 Å². The van der Waals surface area contributed by atoms with Crippen LogP contribution in [0.1, 0.15) is 52.0 Å². The van der Waals surface area contributed by atoms with E-state index < -0.39 is 0 Å². The third kappa shape index (κ3) is 4.06. The van der Waals surface area contributed by atoms with Crippen LogP contribution in [-0.2, 0) is 11.3 Å². The Bertz CT molecular complexity index is 725. The van der Waals surface area contributed by atoms with Gasteiger partial charge in [0.2, 0.25) is 5.91 Å². The van der Waals surface area contributed by atoms with Crippen molar-refractivity contribution in [3.05, 3.63) is 42.0 Å². The van der Waals surface area contributed by atoms with Gasteiger partial charge in [-0.2, -0.15) is 0 Å². The van der Waals surface area contributed by atoms with Gasteiger partial charge in [-0.3, -0.25) is 9.69 Å². The first-order chi connectivity index (χ1) is 12.9. The van der Waals surface area contributed by atoms with Crippen molar-refractivity contribution in [1.29, 1.82) is 0 Å². The number of hydrogen-bond acceptors (Lipinski definition) is 3. The van der Waals surface area contributed by atoms with Crippen LogP contribution < -0.4 is 4.74 Å². The van der Waals surface area contributed by atoms with Crippen LogP contribution in [-0.4, -0.2) is 46.5 Å². The second-order valence-corrected chi connectivity index (χ2v) is 8.92. The Morgan fingerprint density at radius 3 is 2.81 bits per heavy atom. The zero-order valence-electron chi connectivity index (χ0n) is 16.9. The van der Waals surface area contributed by atoms with E-state index in [1.54, 1.807) is 0 Å². The van der Waals surface area contributed by atoms with Gasteiger partial charge >= 0.3 is 0 Å². The lowest BCUT2D eigenvalue weighted by Gasteiger charge is -2.48. The molecule has 1 aliphatic carbocycles. The fourth-order valence-electron chi connectivity index (χ4n) is 4.61. The molecular formula is C23H32N2O2. The zero-order valence-corrected chi connectivity index (χ0v) is 16.9. The molecule has 4 nitrogen and oxygen atoms in total. The molecule has 0 radical (unpaired) electrons. The summed E-state index contributed by atoms with van der Waals surface area (Å²) in [7, 11) is 0. The molecule has 2 atom stereocenters. The van der Waals surface area contributed by atoms with Gasteiger partial charge in [-0.1, -0.05) is 18.2 Å². The lowest BCUT2D eigenvalue weighted by Crippen LogP contribution is -2.56. The molecular weight excluding hydrogens is 336 g/mol. The third-order valence-corrected chi connectivity index (χ3v) is 6.24. The zero-order chi connectivity index (χ0) is 19.0.